The van der Waals surface area contributed by atoms with Crippen LogP contribution in [0.5, 0.6) is 11.5 Å². The highest BCUT2D eigenvalue weighted by molar-refractivity contribution is 7.80. The fourth-order valence-electron chi connectivity index (χ4n) is 2.03. The maximum atomic E-state index is 11.6. The average Bonchev–Trinajstić information content (AvgIpc) is 2.89. The lowest BCUT2D eigenvalue weighted by atomic mass is 10.1. The van der Waals surface area contributed by atoms with Crippen molar-refractivity contribution >= 4 is 35.4 Å². The molecule has 0 saturated carbocycles. The van der Waals surface area contributed by atoms with Gasteiger partial charge in [-0.1, -0.05) is 0 Å². The largest absolute Gasteiger partial charge is 0.454 e. The standard InChI is InChI=1S/C13H11N3O4S/c17-11-8(12(18)16-13(21)15-11)5-14-4-7-1-2-9-10(3-7)20-6-19-9/h1-3,5,8H,4,6H2,(H2,15,16,17,18,21)/p+1. The van der Waals surface area contributed by atoms with Gasteiger partial charge in [-0.25, -0.2) is 4.99 Å². The molecule has 2 amide bonds. The van der Waals surface area contributed by atoms with Crippen LogP contribution in [-0.2, 0) is 16.1 Å². The molecule has 0 bridgehead atoms. The third kappa shape index (κ3) is 2.84. The van der Waals surface area contributed by atoms with Crippen LogP contribution >= 0.6 is 12.2 Å². The zero-order valence-electron chi connectivity index (χ0n) is 10.8. The SMILES string of the molecule is O=C1NC(=S)NC(=O)C1C=[NH+]Cc1ccc2c(c1)OCO2. The predicted octanol–water partition coefficient (Wildman–Crippen LogP) is -1.79. The molecule has 0 aliphatic carbocycles. The Morgan fingerprint density at radius 1 is 1.24 bits per heavy atom. The highest BCUT2D eigenvalue weighted by Gasteiger charge is 2.33. The Balaban J connectivity index is 1.65. The lowest BCUT2D eigenvalue weighted by molar-refractivity contribution is -0.471. The summed E-state index contributed by atoms with van der Waals surface area (Å²) in [5.41, 5.74) is 0.947. The number of carbonyl (C=O) groups excluding carboxylic acids is 2. The van der Waals surface area contributed by atoms with Gasteiger partial charge in [-0.15, -0.1) is 0 Å². The molecular formula is C13H12N3O4S+. The molecule has 2 aliphatic heterocycles. The summed E-state index contributed by atoms with van der Waals surface area (Å²) in [5, 5.41) is 4.82. The average molecular weight is 306 g/mol. The Morgan fingerprint density at radius 2 is 1.95 bits per heavy atom. The summed E-state index contributed by atoms with van der Waals surface area (Å²) in [6, 6.07) is 5.54. The summed E-state index contributed by atoms with van der Waals surface area (Å²) in [5.74, 6) is -0.398. The molecule has 1 aromatic rings. The summed E-state index contributed by atoms with van der Waals surface area (Å²) in [4.78, 5) is 26.2. The van der Waals surface area contributed by atoms with Crippen LogP contribution in [0, 0.1) is 5.92 Å². The van der Waals surface area contributed by atoms with E-state index in [0.717, 1.165) is 5.56 Å². The summed E-state index contributed by atoms with van der Waals surface area (Å²) in [6.07, 6.45) is 1.44. The number of carbonyl (C=O) groups is 2. The van der Waals surface area contributed by atoms with Crippen molar-refractivity contribution in [3.8, 4) is 11.5 Å². The summed E-state index contributed by atoms with van der Waals surface area (Å²) >= 11 is 4.72. The molecule has 0 atom stereocenters. The molecule has 2 aliphatic rings. The number of fused-ring (bicyclic) bond motifs is 1. The fraction of sp³-hybridized carbons (Fsp3) is 0.231. The van der Waals surface area contributed by atoms with E-state index < -0.39 is 17.7 Å². The second-order valence-corrected chi connectivity index (χ2v) is 4.93. The Hall–Kier alpha value is -2.48. The molecule has 7 nitrogen and oxygen atoms in total. The third-order valence-electron chi connectivity index (χ3n) is 3.07. The van der Waals surface area contributed by atoms with Crippen LogP contribution in [0.4, 0.5) is 0 Å². The van der Waals surface area contributed by atoms with Crippen molar-refractivity contribution in [2.24, 2.45) is 5.92 Å². The minimum Gasteiger partial charge on any atom is -0.454 e. The van der Waals surface area contributed by atoms with Gasteiger partial charge in [-0.05, 0) is 30.4 Å². The van der Waals surface area contributed by atoms with Crippen LogP contribution in [0.15, 0.2) is 18.2 Å². The number of thiocarbonyl (C=S) groups is 1. The van der Waals surface area contributed by atoms with E-state index in [4.69, 9.17) is 21.7 Å². The molecule has 3 N–H and O–H groups in total. The zero-order chi connectivity index (χ0) is 14.8. The van der Waals surface area contributed by atoms with E-state index in [1.807, 2.05) is 18.2 Å². The number of hydrogen-bond acceptors (Lipinski definition) is 5. The minimum absolute atomic E-state index is 0.0328. The van der Waals surface area contributed by atoms with Gasteiger partial charge in [0.2, 0.25) is 18.6 Å². The first-order valence-electron chi connectivity index (χ1n) is 6.24. The Morgan fingerprint density at radius 3 is 2.71 bits per heavy atom. The van der Waals surface area contributed by atoms with Crippen molar-refractivity contribution in [1.82, 2.24) is 10.6 Å². The summed E-state index contributed by atoms with van der Waals surface area (Å²) in [7, 11) is 0. The number of benzene rings is 1. The molecule has 1 fully saturated rings. The first-order chi connectivity index (χ1) is 10.1. The van der Waals surface area contributed by atoms with Gasteiger partial charge in [0, 0.05) is 5.56 Å². The van der Waals surface area contributed by atoms with Gasteiger partial charge >= 0.3 is 0 Å². The van der Waals surface area contributed by atoms with E-state index in [0.29, 0.717) is 18.0 Å². The Labute approximate surface area is 125 Å². The molecule has 1 saturated heterocycles. The monoisotopic (exact) mass is 306 g/mol. The molecule has 21 heavy (non-hydrogen) atoms. The lowest BCUT2D eigenvalue weighted by Gasteiger charge is -2.17. The molecule has 108 valence electrons. The lowest BCUT2D eigenvalue weighted by Crippen LogP contribution is -2.71. The van der Waals surface area contributed by atoms with Crippen LogP contribution in [0.25, 0.3) is 0 Å². The number of rotatable bonds is 3. The fourth-order valence-corrected chi connectivity index (χ4v) is 2.23. The van der Waals surface area contributed by atoms with Gasteiger partial charge in [0.1, 0.15) is 0 Å². The Bertz CT molecular complexity index is 639. The van der Waals surface area contributed by atoms with E-state index >= 15 is 0 Å². The molecule has 1 aromatic carbocycles. The van der Waals surface area contributed by atoms with E-state index in [1.54, 1.807) is 0 Å². The van der Waals surface area contributed by atoms with Gasteiger partial charge < -0.3 is 20.1 Å². The van der Waals surface area contributed by atoms with Crippen molar-refractivity contribution in [1.29, 1.82) is 0 Å². The molecular weight excluding hydrogens is 294 g/mol. The molecule has 3 rings (SSSR count). The van der Waals surface area contributed by atoms with Crippen LogP contribution in [0.1, 0.15) is 5.56 Å². The smallest absolute Gasteiger partial charge is 0.248 e. The van der Waals surface area contributed by atoms with Crippen molar-refractivity contribution in [2.45, 2.75) is 6.54 Å². The number of ether oxygens (including phenoxy) is 2. The molecule has 0 spiro atoms. The number of amides is 2. The Kier molecular flexibility index (Phi) is 3.53. The maximum Gasteiger partial charge on any atom is 0.248 e. The van der Waals surface area contributed by atoms with Crippen LogP contribution in [-0.4, -0.2) is 29.9 Å². The molecule has 2 heterocycles. The predicted molar refractivity (Wildman–Crippen MR) is 75.7 cm³/mol. The highest BCUT2D eigenvalue weighted by atomic mass is 32.1. The third-order valence-corrected chi connectivity index (χ3v) is 3.27. The quantitative estimate of drug-likeness (QED) is 0.349. The van der Waals surface area contributed by atoms with E-state index in [1.165, 1.54) is 6.21 Å². The molecule has 0 radical (unpaired) electrons. The number of hydrogen-bond donors (Lipinski definition) is 3. The minimum atomic E-state index is -0.911. The zero-order valence-corrected chi connectivity index (χ0v) is 11.7. The maximum absolute atomic E-state index is 11.6. The van der Waals surface area contributed by atoms with E-state index in [-0.39, 0.29) is 11.9 Å². The molecule has 0 unspecified atom stereocenters. The molecule has 0 aromatic heterocycles. The van der Waals surface area contributed by atoms with Crippen LogP contribution in [0.2, 0.25) is 0 Å². The van der Waals surface area contributed by atoms with Gasteiger partial charge in [-0.3, -0.25) is 9.59 Å². The van der Waals surface area contributed by atoms with Crippen molar-refractivity contribution in [3.63, 3.8) is 0 Å². The van der Waals surface area contributed by atoms with E-state index in [9.17, 15) is 9.59 Å². The first-order valence-corrected chi connectivity index (χ1v) is 6.65. The molecule has 8 heteroatoms. The van der Waals surface area contributed by atoms with Gasteiger partial charge in [-0.2, -0.15) is 0 Å². The van der Waals surface area contributed by atoms with Crippen molar-refractivity contribution < 1.29 is 24.1 Å². The van der Waals surface area contributed by atoms with Crippen LogP contribution < -0.4 is 25.1 Å². The van der Waals surface area contributed by atoms with Crippen LogP contribution in [0.3, 0.4) is 0 Å². The summed E-state index contributed by atoms with van der Waals surface area (Å²) < 4.78 is 10.5. The van der Waals surface area contributed by atoms with Gasteiger partial charge in [0.05, 0.1) is 0 Å². The second kappa shape index (κ2) is 5.49. The topological polar surface area (TPSA) is 90.6 Å². The van der Waals surface area contributed by atoms with Gasteiger partial charge in [0.25, 0.3) is 0 Å². The normalized spacial score (nSPS) is 18.0. The van der Waals surface area contributed by atoms with Crippen molar-refractivity contribution in [3.05, 3.63) is 23.8 Å². The summed E-state index contributed by atoms with van der Waals surface area (Å²) in [6.45, 7) is 0.679. The van der Waals surface area contributed by atoms with Gasteiger partial charge in [0.15, 0.2) is 35.3 Å². The van der Waals surface area contributed by atoms with Crippen molar-refractivity contribution in [2.75, 3.05) is 6.79 Å². The highest BCUT2D eigenvalue weighted by Crippen LogP contribution is 2.32. The van der Waals surface area contributed by atoms with E-state index in [2.05, 4.69) is 15.6 Å². The second-order valence-electron chi connectivity index (χ2n) is 4.52. The first kappa shape index (κ1) is 13.5. The number of nitrogens with one attached hydrogen (secondary N) is 3.